The van der Waals surface area contributed by atoms with Gasteiger partial charge in [-0.1, -0.05) is 5.16 Å². The van der Waals surface area contributed by atoms with Gasteiger partial charge < -0.3 is 15.0 Å². The Balaban J connectivity index is 1.36. The lowest BCUT2D eigenvalue weighted by atomic mass is 9.68. The first-order valence-electron chi connectivity index (χ1n) is 12.4. The molecule has 1 fully saturated rings. The van der Waals surface area contributed by atoms with E-state index in [9.17, 15) is 5.26 Å². The van der Waals surface area contributed by atoms with Crippen molar-refractivity contribution in [1.82, 2.24) is 25.0 Å². The summed E-state index contributed by atoms with van der Waals surface area (Å²) in [5.74, 6) is 1.59. The third-order valence-electron chi connectivity index (χ3n) is 8.10. The Labute approximate surface area is 204 Å². The number of pyridine rings is 1. The van der Waals surface area contributed by atoms with Crippen molar-refractivity contribution in [3.05, 3.63) is 46.5 Å². The van der Waals surface area contributed by atoms with Gasteiger partial charge in [-0.2, -0.15) is 10.2 Å². The van der Waals surface area contributed by atoms with Gasteiger partial charge in [0.25, 0.3) is 0 Å². The van der Waals surface area contributed by atoms with E-state index in [1.54, 1.807) is 18.5 Å². The molecule has 6 rings (SSSR count). The Morgan fingerprint density at radius 2 is 2.17 bits per heavy atom. The number of ether oxygens (including phenoxy) is 1. The number of rotatable bonds is 4. The summed E-state index contributed by atoms with van der Waals surface area (Å²) in [6, 6.07) is 4.49. The molecule has 2 N–H and O–H groups in total. The average molecular weight is 472 g/mol. The number of likely N-dealkylation sites (N-methyl/N-ethyl adjacent to an activating group) is 1. The largest absolute Gasteiger partial charge is 0.473 e. The van der Waals surface area contributed by atoms with Gasteiger partial charge >= 0.3 is 0 Å². The molecular weight excluding hydrogens is 442 g/mol. The second-order valence-corrected chi connectivity index (χ2v) is 10.0. The normalized spacial score (nSPS) is 24.2. The highest BCUT2D eigenvalue weighted by atomic mass is 16.5. The van der Waals surface area contributed by atoms with Crippen LogP contribution in [0.2, 0.25) is 0 Å². The van der Waals surface area contributed by atoms with Gasteiger partial charge in [0.2, 0.25) is 17.5 Å². The van der Waals surface area contributed by atoms with Crippen molar-refractivity contribution in [3.63, 3.8) is 0 Å². The number of nitrogen functional groups attached to an aromatic ring is 1. The van der Waals surface area contributed by atoms with Crippen LogP contribution in [0.3, 0.4) is 0 Å². The highest BCUT2D eigenvalue weighted by Crippen LogP contribution is 2.53. The van der Waals surface area contributed by atoms with Gasteiger partial charge in [-0.05, 0) is 65.5 Å². The standard InChI is InChI=1S/C26H29N7O2/c1-15(20-6-4-12-33(20)2)34-21-8-11-29-25(31-21)23-16-5-3-9-26(24(16)32-35-23)10-7-19-22(26)17(13-27)18(28)14-30-19/h8,11,14-15,20H,3-7,9-10,12,28H2,1-2H3/t15-,20-,26-/m0/s1. The summed E-state index contributed by atoms with van der Waals surface area (Å²) < 4.78 is 12.1. The van der Waals surface area contributed by atoms with Gasteiger partial charge in [0.15, 0.2) is 0 Å². The Bertz CT molecular complexity index is 1330. The fraction of sp³-hybridized carbons (Fsp3) is 0.500. The number of fused-ring (bicyclic) bond motifs is 4. The highest BCUT2D eigenvalue weighted by Gasteiger charge is 2.49. The Morgan fingerprint density at radius 3 is 2.97 bits per heavy atom. The van der Waals surface area contributed by atoms with Crippen molar-refractivity contribution in [2.75, 3.05) is 19.3 Å². The first-order chi connectivity index (χ1) is 17.0. The molecule has 1 saturated heterocycles. The smallest absolute Gasteiger partial charge is 0.217 e. The van der Waals surface area contributed by atoms with Gasteiger partial charge in [-0.15, -0.1) is 0 Å². The maximum Gasteiger partial charge on any atom is 0.217 e. The molecule has 3 aromatic rings. The third kappa shape index (κ3) is 3.39. The van der Waals surface area contributed by atoms with E-state index in [1.807, 2.05) is 0 Å². The van der Waals surface area contributed by atoms with Crippen LogP contribution in [-0.4, -0.2) is 50.7 Å². The van der Waals surface area contributed by atoms with Crippen molar-refractivity contribution in [3.8, 4) is 23.5 Å². The molecule has 3 aliphatic rings. The van der Waals surface area contributed by atoms with Crippen LogP contribution in [0, 0.1) is 11.3 Å². The van der Waals surface area contributed by atoms with Crippen LogP contribution in [0.15, 0.2) is 23.0 Å². The monoisotopic (exact) mass is 471 g/mol. The summed E-state index contributed by atoms with van der Waals surface area (Å²) in [5.41, 5.74) is 10.4. The topological polar surface area (TPSA) is 127 Å². The summed E-state index contributed by atoms with van der Waals surface area (Å²) in [5, 5.41) is 14.4. The summed E-state index contributed by atoms with van der Waals surface area (Å²) in [7, 11) is 2.14. The molecule has 0 amide bonds. The van der Waals surface area contributed by atoms with Crippen LogP contribution >= 0.6 is 0 Å². The van der Waals surface area contributed by atoms with Crippen molar-refractivity contribution >= 4 is 5.69 Å². The number of anilines is 1. The quantitative estimate of drug-likeness (QED) is 0.609. The molecule has 3 aromatic heterocycles. The van der Waals surface area contributed by atoms with Gasteiger partial charge in [-0.3, -0.25) is 9.88 Å². The lowest BCUT2D eigenvalue weighted by Gasteiger charge is -2.33. The summed E-state index contributed by atoms with van der Waals surface area (Å²) in [6.45, 7) is 3.19. The lowest BCUT2D eigenvalue weighted by Crippen LogP contribution is -2.38. The first-order valence-corrected chi connectivity index (χ1v) is 12.4. The molecule has 4 heterocycles. The van der Waals surface area contributed by atoms with Crippen LogP contribution in [0.5, 0.6) is 5.88 Å². The number of hydrogen-bond donors (Lipinski definition) is 1. The molecule has 0 unspecified atom stereocenters. The molecular formula is C26H29N7O2. The molecule has 1 aliphatic heterocycles. The van der Waals surface area contributed by atoms with Crippen LogP contribution in [0.4, 0.5) is 5.69 Å². The number of nitrogens with two attached hydrogens (primary N) is 1. The first kappa shape index (κ1) is 22.0. The third-order valence-corrected chi connectivity index (χ3v) is 8.10. The summed E-state index contributed by atoms with van der Waals surface area (Å²) >= 11 is 0. The molecule has 1 spiro atoms. The van der Waals surface area contributed by atoms with E-state index in [4.69, 9.17) is 20.0 Å². The Morgan fingerprint density at radius 1 is 1.29 bits per heavy atom. The molecule has 9 heteroatoms. The van der Waals surface area contributed by atoms with E-state index >= 15 is 0 Å². The Kier molecular flexibility index (Phi) is 5.22. The van der Waals surface area contributed by atoms with E-state index in [1.165, 1.54) is 6.42 Å². The van der Waals surface area contributed by atoms with E-state index in [2.05, 4.69) is 40.1 Å². The Hall–Kier alpha value is -3.51. The van der Waals surface area contributed by atoms with Crippen LogP contribution in [-0.2, 0) is 18.3 Å². The zero-order valence-electron chi connectivity index (χ0n) is 20.1. The molecule has 2 aliphatic carbocycles. The van der Waals surface area contributed by atoms with Gasteiger partial charge in [0, 0.05) is 40.5 Å². The fourth-order valence-electron chi connectivity index (χ4n) is 6.43. The van der Waals surface area contributed by atoms with Crippen LogP contribution in [0.1, 0.15) is 67.1 Å². The van der Waals surface area contributed by atoms with E-state index in [0.29, 0.717) is 34.8 Å². The highest BCUT2D eigenvalue weighted by molar-refractivity contribution is 5.66. The van der Waals surface area contributed by atoms with Gasteiger partial charge in [0.05, 0.1) is 23.1 Å². The summed E-state index contributed by atoms with van der Waals surface area (Å²) in [6.07, 6.45) is 9.92. The van der Waals surface area contributed by atoms with E-state index in [0.717, 1.165) is 67.6 Å². The molecule has 0 radical (unpaired) electrons. The second kappa shape index (κ2) is 8.31. The molecule has 0 saturated carbocycles. The van der Waals surface area contributed by atoms with Crippen LogP contribution < -0.4 is 10.5 Å². The van der Waals surface area contributed by atoms with E-state index < -0.39 is 5.41 Å². The minimum absolute atomic E-state index is 0.0227. The number of nitriles is 1. The van der Waals surface area contributed by atoms with Crippen molar-refractivity contribution in [1.29, 1.82) is 5.26 Å². The summed E-state index contributed by atoms with van der Waals surface area (Å²) in [4.78, 5) is 16.1. The van der Waals surface area contributed by atoms with E-state index in [-0.39, 0.29) is 6.10 Å². The maximum atomic E-state index is 9.89. The number of aryl methyl sites for hydroxylation is 1. The molecule has 3 atom stereocenters. The van der Waals surface area contributed by atoms with Crippen LogP contribution in [0.25, 0.3) is 11.6 Å². The predicted molar refractivity (Wildman–Crippen MR) is 129 cm³/mol. The maximum absolute atomic E-state index is 9.89. The number of nitrogens with zero attached hydrogens (tertiary/aromatic N) is 6. The zero-order chi connectivity index (χ0) is 24.2. The molecule has 35 heavy (non-hydrogen) atoms. The molecule has 9 nitrogen and oxygen atoms in total. The number of hydrogen-bond acceptors (Lipinski definition) is 9. The predicted octanol–water partition coefficient (Wildman–Crippen LogP) is 3.41. The number of aromatic nitrogens is 4. The number of likely N-dealkylation sites (tertiary alicyclic amines) is 1. The van der Waals surface area contributed by atoms with Crippen molar-refractivity contribution in [2.24, 2.45) is 0 Å². The second-order valence-electron chi connectivity index (χ2n) is 10.0. The average Bonchev–Trinajstić information content (AvgIpc) is 3.58. The molecule has 180 valence electrons. The minimum Gasteiger partial charge on any atom is -0.473 e. The SMILES string of the molecule is C[C@H](Oc1ccnc(-c2onc3c2CCC[C@@]32CCc3ncc(N)c(C#N)c32)n1)[C@@H]1CCCN1C. The van der Waals surface area contributed by atoms with Gasteiger partial charge in [0.1, 0.15) is 12.2 Å². The van der Waals surface area contributed by atoms with Crippen molar-refractivity contribution < 1.29 is 9.26 Å². The fourth-order valence-corrected chi connectivity index (χ4v) is 6.43. The molecule has 0 aromatic carbocycles. The van der Waals surface area contributed by atoms with Crippen molar-refractivity contribution in [2.45, 2.75) is 69.4 Å². The molecule has 0 bridgehead atoms. The van der Waals surface area contributed by atoms with Gasteiger partial charge in [-0.25, -0.2) is 4.98 Å². The lowest BCUT2D eigenvalue weighted by molar-refractivity contribution is 0.117. The zero-order valence-corrected chi connectivity index (χ0v) is 20.1. The minimum atomic E-state index is -0.409.